The van der Waals surface area contributed by atoms with Crippen LogP contribution in [0, 0.1) is 5.41 Å². The zero-order valence-electron chi connectivity index (χ0n) is 25.8. The molecule has 2 aliphatic carbocycles. The van der Waals surface area contributed by atoms with E-state index in [-0.39, 0.29) is 27.7 Å². The van der Waals surface area contributed by atoms with Crippen LogP contribution in [0.1, 0.15) is 70.0 Å². The monoisotopic (exact) mass is 684 g/mol. The van der Waals surface area contributed by atoms with E-state index >= 15 is 0 Å². The van der Waals surface area contributed by atoms with Crippen molar-refractivity contribution in [1.29, 1.82) is 0 Å². The molecule has 2 aliphatic heterocycles. The number of anilines is 1. The predicted octanol–water partition coefficient (Wildman–Crippen LogP) is 4.27. The second kappa shape index (κ2) is 10.6. The van der Waals surface area contributed by atoms with Crippen molar-refractivity contribution in [2.45, 2.75) is 93.7 Å². The summed E-state index contributed by atoms with van der Waals surface area (Å²) in [5, 5.41) is 6.15. The summed E-state index contributed by atoms with van der Waals surface area (Å²) in [5.74, 6) is -0.379. The van der Waals surface area contributed by atoms with Crippen LogP contribution in [0.2, 0.25) is 0 Å². The lowest BCUT2D eigenvalue weighted by Gasteiger charge is -2.42. The number of alkyl halides is 3. The number of esters is 1. The van der Waals surface area contributed by atoms with Crippen LogP contribution in [0.15, 0.2) is 17.2 Å². The van der Waals surface area contributed by atoms with Crippen molar-refractivity contribution >= 4 is 38.7 Å². The Kier molecular flexibility index (Phi) is 7.29. The minimum atomic E-state index is -4.70. The first-order valence-corrected chi connectivity index (χ1v) is 17.5. The maximum Gasteiger partial charge on any atom is 0.445 e. The predicted molar refractivity (Wildman–Crippen MR) is 160 cm³/mol. The number of methoxy groups -OCH3 is 1. The van der Waals surface area contributed by atoms with E-state index in [1.165, 1.54) is 24.6 Å². The lowest BCUT2D eigenvalue weighted by molar-refractivity contribution is -0.154. The van der Waals surface area contributed by atoms with Gasteiger partial charge in [-0.1, -0.05) is 11.3 Å². The summed E-state index contributed by atoms with van der Waals surface area (Å²) >= 11 is 0.376. The molecule has 2 atom stereocenters. The van der Waals surface area contributed by atoms with Gasteiger partial charge in [0.15, 0.2) is 10.7 Å². The van der Waals surface area contributed by atoms with Gasteiger partial charge in [-0.2, -0.15) is 13.2 Å². The number of ether oxygens (including phenoxy) is 3. The highest BCUT2D eigenvalue weighted by Gasteiger charge is 2.53. The number of aromatic nitrogens is 4. The molecule has 17 heteroatoms. The molecule has 3 aromatic rings. The van der Waals surface area contributed by atoms with Crippen molar-refractivity contribution in [3.8, 4) is 10.7 Å². The summed E-state index contributed by atoms with van der Waals surface area (Å²) in [5.41, 5.74) is -0.314. The lowest BCUT2D eigenvalue weighted by Crippen LogP contribution is -2.48. The molecule has 4 fully saturated rings. The third-order valence-corrected chi connectivity index (χ3v) is 12.4. The second-order valence-electron chi connectivity index (χ2n) is 13.2. The van der Waals surface area contributed by atoms with Crippen LogP contribution in [0.5, 0.6) is 0 Å². The molecule has 250 valence electrons. The largest absolute Gasteiger partial charge is 0.459 e. The van der Waals surface area contributed by atoms with E-state index in [0.717, 1.165) is 0 Å². The molecule has 0 bridgehead atoms. The molecule has 0 aromatic carbocycles. The molecule has 7 rings (SSSR count). The van der Waals surface area contributed by atoms with Gasteiger partial charge >= 0.3 is 12.1 Å². The van der Waals surface area contributed by atoms with Crippen molar-refractivity contribution in [3.63, 3.8) is 0 Å². The Morgan fingerprint density at radius 2 is 1.85 bits per heavy atom. The molecule has 2 saturated carbocycles. The number of sulfonamides is 1. The third kappa shape index (κ3) is 5.37. The van der Waals surface area contributed by atoms with Crippen LogP contribution in [0.4, 0.5) is 18.9 Å². The molecule has 46 heavy (non-hydrogen) atoms. The first-order chi connectivity index (χ1) is 21.6. The number of hydrogen-bond acceptors (Lipinski definition) is 11. The van der Waals surface area contributed by atoms with E-state index in [1.807, 2.05) is 18.7 Å². The zero-order chi connectivity index (χ0) is 32.9. The highest BCUT2D eigenvalue weighted by atomic mass is 32.2. The summed E-state index contributed by atoms with van der Waals surface area (Å²) in [6.45, 7) is 6.47. The Morgan fingerprint density at radius 1 is 1.15 bits per heavy atom. The van der Waals surface area contributed by atoms with Crippen LogP contribution in [-0.4, -0.2) is 78.5 Å². The number of rotatable bonds is 8. The fourth-order valence-corrected chi connectivity index (χ4v) is 8.98. The summed E-state index contributed by atoms with van der Waals surface area (Å²) in [7, 11) is -2.52. The van der Waals surface area contributed by atoms with Crippen molar-refractivity contribution < 1.29 is 40.6 Å². The first kappa shape index (κ1) is 31.7. The van der Waals surface area contributed by atoms with Crippen molar-refractivity contribution in [2.75, 3.05) is 31.7 Å². The van der Waals surface area contributed by atoms with E-state index in [2.05, 4.69) is 14.9 Å². The smallest absolute Gasteiger partial charge is 0.445 e. The molecule has 12 nitrogen and oxygen atoms in total. The number of carbonyl (C=O) groups excluding carboxylic acids is 1. The Bertz CT molecular complexity index is 1810. The Hall–Kier alpha value is -2.86. The van der Waals surface area contributed by atoms with Crippen LogP contribution < -0.4 is 9.62 Å². The highest BCUT2D eigenvalue weighted by Crippen LogP contribution is 2.53. The van der Waals surface area contributed by atoms with Gasteiger partial charge in [-0.15, -0.1) is 10.2 Å². The van der Waals surface area contributed by atoms with Gasteiger partial charge in [-0.05, 0) is 58.4 Å². The van der Waals surface area contributed by atoms with Crippen molar-refractivity contribution in [3.05, 3.63) is 23.0 Å². The van der Waals surface area contributed by atoms with E-state index in [1.54, 1.807) is 6.07 Å². The highest BCUT2D eigenvalue weighted by molar-refractivity contribution is 7.89. The molecule has 1 spiro atoms. The summed E-state index contributed by atoms with van der Waals surface area (Å²) in [6.07, 6.45) is -0.208. The molecule has 5 heterocycles. The van der Waals surface area contributed by atoms with Crippen LogP contribution in [0.3, 0.4) is 0 Å². The number of imidazole rings is 1. The standard InChI is InChI=1S/C29H35F3N6O6S2/c1-16-22(44-17(2)39)27(15-43-16)9-11-37(12-10-27)19-13-18(46(40,41)36-26(3)5-6-26)14-38-20(24-34-35-25(45-24)29(30,31)32)21(33-23(19)38)28(42-4)7-8-28/h13-14,16,22,36H,5-12,15H2,1-4H3/t16-,22?/m0/s1. The van der Waals surface area contributed by atoms with Crippen LogP contribution in [-0.2, 0) is 40.8 Å². The normalized spacial score (nSPS) is 24.9. The van der Waals surface area contributed by atoms with E-state index in [0.29, 0.717) is 86.6 Å². The average molecular weight is 685 g/mol. The fraction of sp³-hybridized carbons (Fsp3) is 0.655. The second-order valence-corrected chi connectivity index (χ2v) is 15.9. The number of nitrogens with zero attached hydrogens (tertiary/aromatic N) is 5. The van der Waals surface area contributed by atoms with Crippen LogP contribution >= 0.6 is 11.3 Å². The van der Waals surface area contributed by atoms with Gasteiger partial charge in [-0.25, -0.2) is 18.1 Å². The summed E-state index contributed by atoms with van der Waals surface area (Å²) < 4.78 is 90.3. The zero-order valence-corrected chi connectivity index (χ0v) is 27.4. The maximum absolute atomic E-state index is 13.8. The number of carbonyl (C=O) groups is 1. The van der Waals surface area contributed by atoms with E-state index < -0.39 is 43.9 Å². The summed E-state index contributed by atoms with van der Waals surface area (Å²) in [4.78, 5) is 18.8. The van der Waals surface area contributed by atoms with Gasteiger partial charge in [0.25, 0.3) is 0 Å². The van der Waals surface area contributed by atoms with Crippen LogP contribution in [0.25, 0.3) is 16.3 Å². The van der Waals surface area contributed by atoms with Gasteiger partial charge in [0.2, 0.25) is 15.0 Å². The molecule has 3 aromatic heterocycles. The number of halogens is 3. The molecule has 2 saturated heterocycles. The van der Waals surface area contributed by atoms with E-state index in [4.69, 9.17) is 19.2 Å². The first-order valence-electron chi connectivity index (χ1n) is 15.2. The SMILES string of the molecule is COC1(c2nc3c(N4CCC5(CC4)CO[C@@H](C)C5OC(C)=O)cc(S(=O)(=O)NC4(C)CC4)cn3c2-c2nnc(C(F)(F)F)s2)CC1. The topological polar surface area (TPSA) is 137 Å². The van der Waals surface area contributed by atoms with Gasteiger partial charge in [-0.3, -0.25) is 9.20 Å². The molecular weight excluding hydrogens is 649 g/mol. The Morgan fingerprint density at radius 3 is 2.41 bits per heavy atom. The van der Waals surface area contributed by atoms with Gasteiger partial charge < -0.3 is 19.1 Å². The quantitative estimate of drug-likeness (QED) is 0.343. The number of nitrogens with one attached hydrogen (secondary N) is 1. The maximum atomic E-state index is 13.8. The van der Waals surface area contributed by atoms with Crippen molar-refractivity contribution in [2.24, 2.45) is 5.41 Å². The minimum absolute atomic E-state index is 0.0420. The van der Waals surface area contributed by atoms with Gasteiger partial charge in [0, 0.05) is 44.3 Å². The Balaban J connectivity index is 1.37. The molecule has 1 unspecified atom stereocenters. The number of fused-ring (bicyclic) bond motifs is 1. The Labute approximate surface area is 267 Å². The molecular formula is C29H35F3N6O6S2. The van der Waals surface area contributed by atoms with E-state index in [9.17, 15) is 26.4 Å². The van der Waals surface area contributed by atoms with Gasteiger partial charge in [0.1, 0.15) is 28.0 Å². The molecule has 4 aliphatic rings. The fourth-order valence-electron chi connectivity index (χ4n) is 6.75. The van der Waals surface area contributed by atoms with Gasteiger partial charge in [0.05, 0.1) is 18.4 Å². The number of pyridine rings is 1. The van der Waals surface area contributed by atoms with Crippen molar-refractivity contribution in [1.82, 2.24) is 24.3 Å². The minimum Gasteiger partial charge on any atom is -0.459 e. The lowest BCUT2D eigenvalue weighted by atomic mass is 9.74. The molecule has 1 N–H and O–H groups in total. The summed E-state index contributed by atoms with van der Waals surface area (Å²) in [6, 6.07) is 1.58. The number of piperidine rings is 1. The average Bonchev–Trinajstić information content (AvgIpc) is 3.78. The third-order valence-electron chi connectivity index (χ3n) is 9.82. The number of hydrogen-bond donors (Lipinski definition) is 1. The molecule has 0 radical (unpaired) electrons. The molecule has 0 amide bonds.